The molecule has 0 radical (unpaired) electrons. The van der Waals surface area contributed by atoms with Gasteiger partial charge in [-0.1, -0.05) is 18.6 Å². The molecule has 0 heterocycles. The highest BCUT2D eigenvalue weighted by molar-refractivity contribution is 5.76. The molecule has 3 unspecified atom stereocenters. The summed E-state index contributed by atoms with van der Waals surface area (Å²) in [6, 6.07) is 4.94. The molecular weight excluding hydrogens is 319 g/mol. The molecule has 0 amide bonds. The van der Waals surface area contributed by atoms with Gasteiger partial charge in [0.2, 0.25) is 0 Å². The second kappa shape index (κ2) is 6.75. The standard InChI is InChI=1S/C18H24F3NO2/c1-17(2,16(23)24-3)13-5-4-6-14(22)15(13)11-7-9-12(10-8-11)18(19,20)21/h7-10,13-15H,4-6,22H2,1-3H3. The Hall–Kier alpha value is -1.56. The first-order chi connectivity index (χ1) is 11.1. The average Bonchev–Trinajstić information content (AvgIpc) is 2.53. The van der Waals surface area contributed by atoms with Crippen molar-refractivity contribution in [1.29, 1.82) is 0 Å². The number of hydrogen-bond acceptors (Lipinski definition) is 3. The largest absolute Gasteiger partial charge is 0.469 e. The molecule has 1 aromatic carbocycles. The molecule has 1 aliphatic carbocycles. The lowest BCUT2D eigenvalue weighted by Crippen LogP contribution is -2.46. The summed E-state index contributed by atoms with van der Waals surface area (Å²) in [7, 11) is 1.35. The first kappa shape index (κ1) is 18.8. The maximum atomic E-state index is 12.8. The van der Waals surface area contributed by atoms with E-state index >= 15 is 0 Å². The second-order valence-corrected chi connectivity index (χ2v) is 7.06. The Morgan fingerprint density at radius 1 is 1.17 bits per heavy atom. The molecule has 1 aromatic rings. The van der Waals surface area contributed by atoms with E-state index in [1.807, 2.05) is 13.8 Å². The van der Waals surface area contributed by atoms with E-state index < -0.39 is 17.2 Å². The molecule has 0 aliphatic heterocycles. The van der Waals surface area contributed by atoms with Crippen LogP contribution in [0.15, 0.2) is 24.3 Å². The van der Waals surface area contributed by atoms with Gasteiger partial charge in [-0.15, -0.1) is 0 Å². The van der Waals surface area contributed by atoms with Gasteiger partial charge in [0.05, 0.1) is 18.1 Å². The Morgan fingerprint density at radius 2 is 1.75 bits per heavy atom. The number of rotatable bonds is 3. The van der Waals surface area contributed by atoms with E-state index in [0.717, 1.165) is 37.0 Å². The molecule has 3 atom stereocenters. The fraction of sp³-hybridized carbons (Fsp3) is 0.611. The van der Waals surface area contributed by atoms with Gasteiger partial charge >= 0.3 is 12.1 Å². The highest BCUT2D eigenvalue weighted by Gasteiger charge is 2.46. The van der Waals surface area contributed by atoms with Gasteiger partial charge in [-0.25, -0.2) is 0 Å². The zero-order valence-electron chi connectivity index (χ0n) is 14.2. The average molecular weight is 343 g/mol. The van der Waals surface area contributed by atoms with Crippen molar-refractivity contribution in [2.75, 3.05) is 7.11 Å². The van der Waals surface area contributed by atoms with Crippen LogP contribution in [0.1, 0.15) is 50.2 Å². The maximum Gasteiger partial charge on any atom is 0.416 e. The summed E-state index contributed by atoms with van der Waals surface area (Å²) in [6.45, 7) is 3.64. The van der Waals surface area contributed by atoms with Gasteiger partial charge in [-0.3, -0.25) is 4.79 Å². The Kier molecular flexibility index (Phi) is 5.28. The van der Waals surface area contributed by atoms with E-state index in [1.54, 1.807) is 0 Å². The van der Waals surface area contributed by atoms with Crippen LogP contribution in [-0.2, 0) is 15.7 Å². The van der Waals surface area contributed by atoms with Gasteiger partial charge in [0.25, 0.3) is 0 Å². The quantitative estimate of drug-likeness (QED) is 0.840. The third-order valence-electron chi connectivity index (χ3n) is 5.21. The number of ether oxygens (including phenoxy) is 1. The van der Waals surface area contributed by atoms with E-state index in [-0.39, 0.29) is 23.8 Å². The first-order valence-electron chi connectivity index (χ1n) is 8.10. The summed E-state index contributed by atoms with van der Waals surface area (Å²) in [5, 5.41) is 0. The van der Waals surface area contributed by atoms with Gasteiger partial charge in [-0.2, -0.15) is 13.2 Å². The van der Waals surface area contributed by atoms with E-state index in [1.165, 1.54) is 19.2 Å². The number of hydrogen-bond donors (Lipinski definition) is 1. The Balaban J connectivity index is 2.38. The van der Waals surface area contributed by atoms with Gasteiger partial charge in [-0.05, 0) is 50.3 Å². The highest BCUT2D eigenvalue weighted by atomic mass is 19.4. The van der Waals surface area contributed by atoms with Crippen molar-refractivity contribution in [1.82, 2.24) is 0 Å². The predicted molar refractivity (Wildman–Crippen MR) is 85.3 cm³/mol. The smallest absolute Gasteiger partial charge is 0.416 e. The molecule has 0 saturated heterocycles. The summed E-state index contributed by atoms with van der Waals surface area (Å²) in [5.74, 6) is -0.570. The third-order valence-corrected chi connectivity index (χ3v) is 5.21. The lowest BCUT2D eigenvalue weighted by atomic mass is 9.62. The van der Waals surface area contributed by atoms with Crippen molar-refractivity contribution in [2.45, 2.75) is 51.2 Å². The molecule has 2 rings (SSSR count). The van der Waals surface area contributed by atoms with Crippen LogP contribution in [0.3, 0.4) is 0 Å². The molecule has 3 nitrogen and oxygen atoms in total. The lowest BCUT2D eigenvalue weighted by molar-refractivity contribution is -0.155. The number of methoxy groups -OCH3 is 1. The summed E-state index contributed by atoms with van der Waals surface area (Å²) >= 11 is 0. The summed E-state index contributed by atoms with van der Waals surface area (Å²) in [5.41, 5.74) is 5.61. The van der Waals surface area contributed by atoms with E-state index in [0.29, 0.717) is 0 Å². The zero-order valence-corrected chi connectivity index (χ0v) is 14.2. The van der Waals surface area contributed by atoms with Crippen molar-refractivity contribution < 1.29 is 22.7 Å². The Labute approximate surface area is 140 Å². The SMILES string of the molecule is COC(=O)C(C)(C)C1CCCC(N)C1c1ccc(C(F)(F)F)cc1. The number of nitrogens with two attached hydrogens (primary N) is 1. The number of carbonyl (C=O) groups is 1. The Morgan fingerprint density at radius 3 is 2.25 bits per heavy atom. The number of benzene rings is 1. The van der Waals surface area contributed by atoms with Crippen molar-refractivity contribution in [3.8, 4) is 0 Å². The predicted octanol–water partition coefficient (Wildman–Crippen LogP) is 4.12. The van der Waals surface area contributed by atoms with Crippen LogP contribution in [0, 0.1) is 11.3 Å². The molecular formula is C18H24F3NO2. The Bertz CT molecular complexity index is 581. The van der Waals surface area contributed by atoms with Crippen molar-refractivity contribution in [2.24, 2.45) is 17.1 Å². The normalized spacial score (nSPS) is 25.4. The molecule has 0 bridgehead atoms. The number of esters is 1. The van der Waals surface area contributed by atoms with E-state index in [9.17, 15) is 18.0 Å². The molecule has 0 spiro atoms. The van der Waals surface area contributed by atoms with Gasteiger partial charge in [0, 0.05) is 12.0 Å². The molecule has 1 fully saturated rings. The molecule has 6 heteroatoms. The van der Waals surface area contributed by atoms with Crippen molar-refractivity contribution in [3.63, 3.8) is 0 Å². The maximum absolute atomic E-state index is 12.8. The molecule has 1 saturated carbocycles. The number of halogens is 3. The fourth-order valence-electron chi connectivity index (χ4n) is 3.83. The van der Waals surface area contributed by atoms with Crippen molar-refractivity contribution >= 4 is 5.97 Å². The second-order valence-electron chi connectivity index (χ2n) is 7.06. The minimum Gasteiger partial charge on any atom is -0.469 e. The monoisotopic (exact) mass is 343 g/mol. The summed E-state index contributed by atoms with van der Waals surface area (Å²) < 4.78 is 43.2. The fourth-order valence-corrected chi connectivity index (χ4v) is 3.83. The van der Waals surface area contributed by atoms with Crippen LogP contribution < -0.4 is 5.73 Å². The molecule has 24 heavy (non-hydrogen) atoms. The molecule has 1 aliphatic rings. The van der Waals surface area contributed by atoms with Crippen LogP contribution >= 0.6 is 0 Å². The number of carbonyl (C=O) groups excluding carboxylic acids is 1. The summed E-state index contributed by atoms with van der Waals surface area (Å²) in [6.07, 6.45) is -1.89. The van der Waals surface area contributed by atoms with Gasteiger partial charge < -0.3 is 10.5 Å². The minimum atomic E-state index is -4.36. The third kappa shape index (κ3) is 3.58. The zero-order chi connectivity index (χ0) is 18.1. The van der Waals surface area contributed by atoms with Crippen LogP contribution in [0.5, 0.6) is 0 Å². The number of alkyl halides is 3. The summed E-state index contributed by atoms with van der Waals surface area (Å²) in [4.78, 5) is 12.2. The van der Waals surface area contributed by atoms with Gasteiger partial charge in [0.15, 0.2) is 0 Å². The van der Waals surface area contributed by atoms with Crippen LogP contribution in [0.25, 0.3) is 0 Å². The first-order valence-corrected chi connectivity index (χ1v) is 8.10. The van der Waals surface area contributed by atoms with Crippen LogP contribution in [0.4, 0.5) is 13.2 Å². The molecule has 134 valence electrons. The van der Waals surface area contributed by atoms with Crippen molar-refractivity contribution in [3.05, 3.63) is 35.4 Å². The molecule has 2 N–H and O–H groups in total. The van der Waals surface area contributed by atoms with Crippen LogP contribution in [-0.4, -0.2) is 19.1 Å². The molecule has 0 aromatic heterocycles. The van der Waals surface area contributed by atoms with E-state index in [4.69, 9.17) is 10.5 Å². The highest BCUT2D eigenvalue weighted by Crippen LogP contribution is 2.47. The topological polar surface area (TPSA) is 52.3 Å². The van der Waals surface area contributed by atoms with Crippen LogP contribution in [0.2, 0.25) is 0 Å². The minimum absolute atomic E-state index is 0.0783. The lowest BCUT2D eigenvalue weighted by Gasteiger charge is -2.44. The van der Waals surface area contributed by atoms with E-state index in [2.05, 4.69) is 0 Å². The van der Waals surface area contributed by atoms with Gasteiger partial charge in [0.1, 0.15) is 0 Å².